The quantitative estimate of drug-likeness (QED) is 0.913. The average Bonchev–Trinajstić information content (AvgIpc) is 2.95. The molecule has 1 amide bonds. The van der Waals surface area contributed by atoms with E-state index in [9.17, 15) is 4.79 Å². The molecule has 2 heterocycles. The highest BCUT2D eigenvalue weighted by molar-refractivity contribution is 5.91. The number of furan rings is 1. The Hall–Kier alpha value is -2.08. The Labute approximate surface area is 124 Å². The molecule has 6 nitrogen and oxygen atoms in total. The molecule has 0 aliphatic heterocycles. The third-order valence-electron chi connectivity index (χ3n) is 3.22. The topological polar surface area (TPSA) is 63.3 Å². The fourth-order valence-corrected chi connectivity index (χ4v) is 2.29. The summed E-state index contributed by atoms with van der Waals surface area (Å²) < 4.78 is 7.30. The smallest absolute Gasteiger partial charge is 0.287 e. The molecule has 0 aromatic carbocycles. The van der Waals surface area contributed by atoms with Crippen LogP contribution < -0.4 is 5.32 Å². The van der Waals surface area contributed by atoms with Crippen LogP contribution in [0.2, 0.25) is 0 Å². The molecule has 0 aliphatic carbocycles. The molecule has 0 saturated heterocycles. The summed E-state index contributed by atoms with van der Waals surface area (Å²) in [6.45, 7) is 4.54. The molecule has 2 aromatic rings. The minimum absolute atomic E-state index is 0.117. The van der Waals surface area contributed by atoms with Crippen molar-refractivity contribution in [2.24, 2.45) is 7.05 Å². The number of nitrogens with zero attached hydrogens (tertiary/aromatic N) is 3. The molecular weight excluding hydrogens is 268 g/mol. The zero-order chi connectivity index (χ0) is 15.6. The van der Waals surface area contributed by atoms with E-state index in [1.807, 2.05) is 52.2 Å². The van der Waals surface area contributed by atoms with E-state index in [-0.39, 0.29) is 11.9 Å². The number of hydrogen-bond acceptors (Lipinski definition) is 4. The van der Waals surface area contributed by atoms with Gasteiger partial charge in [-0.1, -0.05) is 0 Å². The number of rotatable bonds is 5. The van der Waals surface area contributed by atoms with Crippen molar-refractivity contribution in [3.05, 3.63) is 41.1 Å². The van der Waals surface area contributed by atoms with Crippen LogP contribution in [0.1, 0.15) is 40.5 Å². The first-order valence-corrected chi connectivity index (χ1v) is 6.91. The second kappa shape index (κ2) is 6.13. The zero-order valence-corrected chi connectivity index (χ0v) is 13.2. The molecule has 21 heavy (non-hydrogen) atoms. The summed E-state index contributed by atoms with van der Waals surface area (Å²) in [6.07, 6.45) is 1.92. The molecule has 1 atom stereocenters. The predicted octanol–water partition coefficient (Wildman–Crippen LogP) is 1.87. The van der Waals surface area contributed by atoms with E-state index < -0.39 is 0 Å². The molecule has 1 N–H and O–H groups in total. The number of aromatic nitrogens is 2. The highest BCUT2D eigenvalue weighted by Gasteiger charge is 2.17. The minimum Gasteiger partial charge on any atom is -0.455 e. The van der Waals surface area contributed by atoms with Crippen molar-refractivity contribution < 1.29 is 9.21 Å². The number of aryl methyl sites for hydroxylation is 2. The number of carbonyl (C=O) groups is 1. The number of nitrogens with one attached hydrogen (secondary N) is 1. The summed E-state index contributed by atoms with van der Waals surface area (Å²) in [6, 6.07) is 3.42. The lowest BCUT2D eigenvalue weighted by Crippen LogP contribution is -2.26. The van der Waals surface area contributed by atoms with Gasteiger partial charge in [-0.2, -0.15) is 5.10 Å². The van der Waals surface area contributed by atoms with Crippen molar-refractivity contribution in [1.82, 2.24) is 20.0 Å². The standard InChI is InChI=1S/C15H22N4O2/c1-10(13-9-19(5)17-11(13)2)16-15(20)14-7-6-12(21-14)8-18(3)4/h6-7,9-10H,8H2,1-5H3,(H,16,20). The fourth-order valence-electron chi connectivity index (χ4n) is 2.29. The number of carbonyl (C=O) groups excluding carboxylic acids is 1. The Morgan fingerprint density at radius 1 is 1.48 bits per heavy atom. The van der Waals surface area contributed by atoms with Gasteiger partial charge in [-0.3, -0.25) is 9.48 Å². The van der Waals surface area contributed by atoms with Gasteiger partial charge in [0.1, 0.15) is 5.76 Å². The van der Waals surface area contributed by atoms with Crippen LogP contribution in [0.3, 0.4) is 0 Å². The van der Waals surface area contributed by atoms with Gasteiger partial charge in [-0.05, 0) is 40.1 Å². The third-order valence-corrected chi connectivity index (χ3v) is 3.22. The summed E-state index contributed by atoms with van der Waals surface area (Å²) in [5.41, 5.74) is 1.92. The van der Waals surface area contributed by atoms with E-state index >= 15 is 0 Å². The van der Waals surface area contributed by atoms with Gasteiger partial charge < -0.3 is 14.6 Å². The van der Waals surface area contributed by atoms with Crippen molar-refractivity contribution in [3.8, 4) is 0 Å². The zero-order valence-electron chi connectivity index (χ0n) is 13.2. The highest BCUT2D eigenvalue weighted by atomic mass is 16.4. The molecule has 0 radical (unpaired) electrons. The second-order valence-corrected chi connectivity index (χ2v) is 5.54. The number of amides is 1. The van der Waals surface area contributed by atoms with Crippen molar-refractivity contribution in [2.45, 2.75) is 26.4 Å². The Balaban J connectivity index is 2.04. The van der Waals surface area contributed by atoms with Gasteiger partial charge in [0.15, 0.2) is 5.76 Å². The lowest BCUT2D eigenvalue weighted by Gasteiger charge is -2.12. The van der Waals surface area contributed by atoms with Gasteiger partial charge in [0.2, 0.25) is 0 Å². The van der Waals surface area contributed by atoms with Crippen molar-refractivity contribution in [3.63, 3.8) is 0 Å². The first-order chi connectivity index (χ1) is 9.86. The van der Waals surface area contributed by atoms with Gasteiger partial charge in [0.25, 0.3) is 5.91 Å². The van der Waals surface area contributed by atoms with Crippen molar-refractivity contribution >= 4 is 5.91 Å². The average molecular weight is 290 g/mol. The largest absolute Gasteiger partial charge is 0.455 e. The first kappa shape index (κ1) is 15.3. The molecule has 1 unspecified atom stereocenters. The molecule has 0 saturated carbocycles. The lowest BCUT2D eigenvalue weighted by molar-refractivity contribution is 0.0908. The van der Waals surface area contributed by atoms with Crippen LogP contribution in [0.25, 0.3) is 0 Å². The van der Waals surface area contributed by atoms with E-state index in [1.165, 1.54) is 0 Å². The van der Waals surface area contributed by atoms with Crippen molar-refractivity contribution in [2.75, 3.05) is 14.1 Å². The fraction of sp³-hybridized carbons (Fsp3) is 0.467. The predicted molar refractivity (Wildman–Crippen MR) is 79.9 cm³/mol. The van der Waals surface area contributed by atoms with E-state index in [0.29, 0.717) is 12.3 Å². The van der Waals surface area contributed by atoms with E-state index in [4.69, 9.17) is 4.42 Å². The molecule has 2 aromatic heterocycles. The Bertz CT molecular complexity index is 627. The van der Waals surface area contributed by atoms with Gasteiger partial charge >= 0.3 is 0 Å². The van der Waals surface area contributed by atoms with Crippen LogP contribution in [0.4, 0.5) is 0 Å². The van der Waals surface area contributed by atoms with Crippen molar-refractivity contribution in [1.29, 1.82) is 0 Å². The van der Waals surface area contributed by atoms with E-state index in [1.54, 1.807) is 10.7 Å². The molecular formula is C15H22N4O2. The Kier molecular flexibility index (Phi) is 4.47. The maximum Gasteiger partial charge on any atom is 0.287 e. The van der Waals surface area contributed by atoms with Gasteiger partial charge in [0.05, 0.1) is 18.3 Å². The maximum absolute atomic E-state index is 12.2. The molecule has 6 heteroatoms. The Morgan fingerprint density at radius 3 is 2.76 bits per heavy atom. The maximum atomic E-state index is 12.2. The van der Waals surface area contributed by atoms with Crippen LogP contribution in [0, 0.1) is 6.92 Å². The first-order valence-electron chi connectivity index (χ1n) is 6.91. The van der Waals surface area contributed by atoms with Crippen LogP contribution in [0.5, 0.6) is 0 Å². The minimum atomic E-state index is -0.212. The van der Waals surface area contributed by atoms with Crippen LogP contribution >= 0.6 is 0 Å². The summed E-state index contributed by atoms with van der Waals surface area (Å²) in [5, 5.41) is 7.22. The van der Waals surface area contributed by atoms with Crippen LogP contribution in [-0.2, 0) is 13.6 Å². The second-order valence-electron chi connectivity index (χ2n) is 5.54. The lowest BCUT2D eigenvalue weighted by atomic mass is 10.1. The normalized spacial score (nSPS) is 12.7. The third kappa shape index (κ3) is 3.72. The molecule has 114 valence electrons. The van der Waals surface area contributed by atoms with E-state index in [2.05, 4.69) is 10.4 Å². The molecule has 2 rings (SSSR count). The van der Waals surface area contributed by atoms with E-state index in [0.717, 1.165) is 17.0 Å². The highest BCUT2D eigenvalue weighted by Crippen LogP contribution is 2.17. The monoisotopic (exact) mass is 290 g/mol. The summed E-state index contributed by atoms with van der Waals surface area (Å²) in [5.74, 6) is 0.895. The molecule has 0 fully saturated rings. The van der Waals surface area contributed by atoms with Gasteiger partial charge in [0, 0.05) is 18.8 Å². The van der Waals surface area contributed by atoms with Crippen LogP contribution in [-0.4, -0.2) is 34.7 Å². The molecule has 0 aliphatic rings. The summed E-state index contributed by atoms with van der Waals surface area (Å²) in [7, 11) is 5.77. The van der Waals surface area contributed by atoms with Gasteiger partial charge in [-0.25, -0.2) is 0 Å². The molecule has 0 bridgehead atoms. The Morgan fingerprint density at radius 2 is 2.19 bits per heavy atom. The summed E-state index contributed by atoms with van der Waals surface area (Å²) >= 11 is 0. The number of hydrogen-bond donors (Lipinski definition) is 1. The molecule has 0 spiro atoms. The van der Waals surface area contributed by atoms with Crippen LogP contribution in [0.15, 0.2) is 22.7 Å². The SMILES string of the molecule is Cc1nn(C)cc1C(C)NC(=O)c1ccc(CN(C)C)o1. The summed E-state index contributed by atoms with van der Waals surface area (Å²) in [4.78, 5) is 14.2. The van der Waals surface area contributed by atoms with Gasteiger partial charge in [-0.15, -0.1) is 0 Å².